The minimum Gasteiger partial charge on any atom is -0.461 e. The van der Waals surface area contributed by atoms with Gasteiger partial charge in [-0.15, -0.1) is 0 Å². The Morgan fingerprint density at radius 1 is 0.905 bits per heavy atom. The van der Waals surface area contributed by atoms with Crippen LogP contribution in [0.3, 0.4) is 0 Å². The van der Waals surface area contributed by atoms with Gasteiger partial charge < -0.3 is 10.5 Å². The molecule has 0 amide bonds. The van der Waals surface area contributed by atoms with Crippen LogP contribution in [0.25, 0.3) is 0 Å². The topological polar surface area (TPSA) is 52.3 Å². The Balaban J connectivity index is 2.31. The minimum absolute atomic E-state index is 0.00454. The molecule has 0 saturated carbocycles. The second-order valence-electron chi connectivity index (χ2n) is 5.23. The second kappa shape index (κ2) is 7.04. The first kappa shape index (κ1) is 15.3. The number of hydrogen-bond acceptors (Lipinski definition) is 3. The van der Waals surface area contributed by atoms with Gasteiger partial charge in [0.05, 0.1) is 0 Å². The molecule has 3 heteroatoms. The van der Waals surface area contributed by atoms with Crippen molar-refractivity contribution in [1.29, 1.82) is 0 Å². The van der Waals surface area contributed by atoms with E-state index in [4.69, 9.17) is 10.5 Å². The molecule has 0 fully saturated rings. The van der Waals surface area contributed by atoms with E-state index in [9.17, 15) is 4.79 Å². The summed E-state index contributed by atoms with van der Waals surface area (Å²) in [5.41, 5.74) is 7.83. The van der Waals surface area contributed by atoms with Gasteiger partial charge in [0.1, 0.15) is 12.1 Å². The van der Waals surface area contributed by atoms with Gasteiger partial charge in [-0.1, -0.05) is 60.7 Å². The normalized spacial score (nSPS) is 13.7. The molecule has 0 spiro atoms. The summed E-state index contributed by atoms with van der Waals surface area (Å²) < 4.78 is 5.52. The summed E-state index contributed by atoms with van der Waals surface area (Å²) in [5.74, 6) is -0.380. The number of rotatable bonds is 5. The van der Waals surface area contributed by atoms with Crippen LogP contribution in [-0.4, -0.2) is 18.1 Å². The highest BCUT2D eigenvalue weighted by atomic mass is 16.5. The van der Waals surface area contributed by atoms with Crippen LogP contribution in [0.2, 0.25) is 0 Å². The number of nitrogens with two attached hydrogens (primary N) is 1. The highest BCUT2D eigenvalue weighted by molar-refractivity contribution is 5.75. The highest BCUT2D eigenvalue weighted by Crippen LogP contribution is 2.29. The minimum atomic E-state index is -0.611. The number of carbonyl (C=O) groups is 1. The van der Waals surface area contributed by atoms with Gasteiger partial charge in [0, 0.05) is 5.92 Å². The van der Waals surface area contributed by atoms with E-state index in [0.29, 0.717) is 0 Å². The average molecular weight is 283 g/mol. The van der Waals surface area contributed by atoms with Crippen molar-refractivity contribution in [2.24, 2.45) is 5.73 Å². The quantitative estimate of drug-likeness (QED) is 0.858. The first-order valence-electron chi connectivity index (χ1n) is 7.15. The molecule has 0 aliphatic carbocycles. The zero-order chi connectivity index (χ0) is 15.2. The first-order chi connectivity index (χ1) is 10.1. The molecule has 2 rings (SSSR count). The molecule has 2 atom stereocenters. The molecule has 3 nitrogen and oxygen atoms in total. The van der Waals surface area contributed by atoms with Crippen molar-refractivity contribution >= 4 is 5.97 Å². The molecule has 0 aliphatic rings. The third-order valence-corrected chi connectivity index (χ3v) is 3.46. The highest BCUT2D eigenvalue weighted by Gasteiger charge is 2.25. The molecular weight excluding hydrogens is 262 g/mol. The van der Waals surface area contributed by atoms with Crippen LogP contribution in [0.15, 0.2) is 60.7 Å². The van der Waals surface area contributed by atoms with E-state index in [-0.39, 0.29) is 18.0 Å². The average Bonchev–Trinajstić information content (AvgIpc) is 2.49. The van der Waals surface area contributed by atoms with Crippen LogP contribution in [0.5, 0.6) is 0 Å². The van der Waals surface area contributed by atoms with Gasteiger partial charge >= 0.3 is 5.97 Å². The lowest BCUT2D eigenvalue weighted by molar-refractivity contribution is -0.149. The Hall–Kier alpha value is -2.13. The predicted molar refractivity (Wildman–Crippen MR) is 83.9 cm³/mol. The van der Waals surface area contributed by atoms with Gasteiger partial charge in [0.15, 0.2) is 0 Å². The molecule has 2 N–H and O–H groups in total. The van der Waals surface area contributed by atoms with Gasteiger partial charge in [-0.3, -0.25) is 4.79 Å². The van der Waals surface area contributed by atoms with Crippen LogP contribution in [0, 0.1) is 0 Å². The van der Waals surface area contributed by atoms with E-state index in [2.05, 4.69) is 0 Å². The first-order valence-corrected chi connectivity index (χ1v) is 7.15. The monoisotopic (exact) mass is 283 g/mol. The number of benzene rings is 2. The fraction of sp³-hybridized carbons (Fsp3) is 0.278. The Bertz CT molecular complexity index is 527. The van der Waals surface area contributed by atoms with E-state index in [0.717, 1.165) is 11.1 Å². The molecule has 2 aromatic rings. The van der Waals surface area contributed by atoms with E-state index >= 15 is 0 Å². The maximum absolute atomic E-state index is 11.8. The van der Waals surface area contributed by atoms with E-state index < -0.39 is 6.04 Å². The maximum Gasteiger partial charge on any atom is 0.322 e. The molecule has 0 saturated heterocycles. The molecule has 1 unspecified atom stereocenters. The fourth-order valence-electron chi connectivity index (χ4n) is 2.41. The fourth-order valence-corrected chi connectivity index (χ4v) is 2.41. The van der Waals surface area contributed by atoms with Gasteiger partial charge in [-0.05, 0) is 25.0 Å². The standard InChI is InChI=1S/C18H21NO2/c1-13(19)18(20)21-14(2)17(15-9-5-3-6-10-15)16-11-7-4-8-12-16/h3-14,17H,19H2,1-2H3/t13-,14?/m0/s1. The summed E-state index contributed by atoms with van der Waals surface area (Å²) in [7, 11) is 0. The van der Waals surface area contributed by atoms with Crippen LogP contribution < -0.4 is 5.73 Å². The summed E-state index contributed by atoms with van der Waals surface area (Å²) in [5, 5.41) is 0. The van der Waals surface area contributed by atoms with E-state index in [1.54, 1.807) is 6.92 Å². The van der Waals surface area contributed by atoms with Crippen molar-refractivity contribution < 1.29 is 9.53 Å². The lowest BCUT2D eigenvalue weighted by atomic mass is 9.87. The summed E-state index contributed by atoms with van der Waals surface area (Å²) in [6.07, 6.45) is -0.284. The summed E-state index contributed by atoms with van der Waals surface area (Å²) in [6.45, 7) is 3.54. The largest absolute Gasteiger partial charge is 0.461 e. The lowest BCUT2D eigenvalue weighted by Gasteiger charge is -2.25. The molecular formula is C18H21NO2. The summed E-state index contributed by atoms with van der Waals surface area (Å²) in [4.78, 5) is 11.8. The Morgan fingerprint density at radius 3 is 1.71 bits per heavy atom. The summed E-state index contributed by atoms with van der Waals surface area (Å²) in [6, 6.07) is 19.5. The SMILES string of the molecule is CC(OC(=O)[C@H](C)N)C(c1ccccc1)c1ccccc1. The van der Waals surface area contributed by atoms with Gasteiger partial charge in [0.25, 0.3) is 0 Å². The van der Waals surface area contributed by atoms with Crippen molar-refractivity contribution in [3.8, 4) is 0 Å². The smallest absolute Gasteiger partial charge is 0.322 e. The summed E-state index contributed by atoms with van der Waals surface area (Å²) >= 11 is 0. The van der Waals surface area contributed by atoms with Crippen molar-refractivity contribution in [1.82, 2.24) is 0 Å². The number of esters is 1. The second-order valence-corrected chi connectivity index (χ2v) is 5.23. The van der Waals surface area contributed by atoms with Crippen LogP contribution >= 0.6 is 0 Å². The Labute approximate surface area is 125 Å². The van der Waals surface area contributed by atoms with E-state index in [1.807, 2.05) is 67.6 Å². The van der Waals surface area contributed by atoms with Crippen molar-refractivity contribution in [2.75, 3.05) is 0 Å². The van der Waals surface area contributed by atoms with Crippen molar-refractivity contribution in [3.05, 3.63) is 71.8 Å². The van der Waals surface area contributed by atoms with Gasteiger partial charge in [-0.25, -0.2) is 0 Å². The third kappa shape index (κ3) is 3.92. The molecule has 0 aliphatic heterocycles. The van der Waals surface area contributed by atoms with Crippen LogP contribution in [0.4, 0.5) is 0 Å². The molecule has 21 heavy (non-hydrogen) atoms. The molecule has 0 heterocycles. The number of hydrogen-bond donors (Lipinski definition) is 1. The lowest BCUT2D eigenvalue weighted by Crippen LogP contribution is -2.33. The van der Waals surface area contributed by atoms with Crippen molar-refractivity contribution in [2.45, 2.75) is 31.9 Å². The van der Waals surface area contributed by atoms with E-state index in [1.165, 1.54) is 0 Å². The maximum atomic E-state index is 11.8. The molecule has 110 valence electrons. The zero-order valence-electron chi connectivity index (χ0n) is 12.4. The molecule has 0 aromatic heterocycles. The molecule has 2 aromatic carbocycles. The van der Waals surface area contributed by atoms with Gasteiger partial charge in [0.2, 0.25) is 0 Å². The molecule has 0 radical (unpaired) electrons. The number of carbonyl (C=O) groups excluding carboxylic acids is 1. The molecule has 0 bridgehead atoms. The van der Waals surface area contributed by atoms with Crippen LogP contribution in [-0.2, 0) is 9.53 Å². The Morgan fingerprint density at radius 2 is 1.33 bits per heavy atom. The van der Waals surface area contributed by atoms with Crippen LogP contribution in [0.1, 0.15) is 30.9 Å². The number of ether oxygens (including phenoxy) is 1. The third-order valence-electron chi connectivity index (χ3n) is 3.46. The predicted octanol–water partition coefficient (Wildman–Crippen LogP) is 3.10. The zero-order valence-corrected chi connectivity index (χ0v) is 12.4. The Kier molecular flexibility index (Phi) is 5.12. The van der Waals surface area contributed by atoms with Crippen molar-refractivity contribution in [3.63, 3.8) is 0 Å². The van der Waals surface area contributed by atoms with Gasteiger partial charge in [-0.2, -0.15) is 0 Å².